The molecule has 0 aliphatic carbocycles. The van der Waals surface area contributed by atoms with Gasteiger partial charge in [0.2, 0.25) is 11.8 Å². The van der Waals surface area contributed by atoms with Crippen molar-refractivity contribution in [3.63, 3.8) is 0 Å². The van der Waals surface area contributed by atoms with Gasteiger partial charge < -0.3 is 10.1 Å². The summed E-state index contributed by atoms with van der Waals surface area (Å²) in [6.45, 7) is -0.614. The molecule has 3 amide bonds. The zero-order chi connectivity index (χ0) is 21.8. The van der Waals surface area contributed by atoms with Crippen molar-refractivity contribution >= 4 is 57.1 Å². The lowest BCUT2D eigenvalue weighted by molar-refractivity contribution is -0.136. The standard InChI is InChI=1S/C20H16BrFN2O5S/c1-24-18(26)9-16(19(24)27)30-15-5-3-2-4-12(15)20(28)29-10-17(25)23-14-7-6-11(21)8-13(14)22/h2-8,16H,9-10H2,1H3,(H,23,25). The van der Waals surface area contributed by atoms with E-state index in [-0.39, 0.29) is 29.5 Å². The average Bonchev–Trinajstić information content (AvgIpc) is 2.95. The minimum absolute atomic E-state index is 0.0382. The molecule has 1 N–H and O–H groups in total. The summed E-state index contributed by atoms with van der Waals surface area (Å²) in [6, 6.07) is 10.6. The Morgan fingerprint density at radius 3 is 2.67 bits per heavy atom. The smallest absolute Gasteiger partial charge is 0.339 e. The zero-order valence-corrected chi connectivity index (χ0v) is 18.1. The number of amides is 3. The second kappa shape index (κ2) is 9.40. The molecule has 1 unspecified atom stereocenters. The molecule has 1 fully saturated rings. The number of hydrogen-bond acceptors (Lipinski definition) is 6. The number of imide groups is 1. The third-order valence-corrected chi connectivity index (χ3v) is 6.01. The Balaban J connectivity index is 1.62. The molecular weight excluding hydrogens is 479 g/mol. The van der Waals surface area contributed by atoms with Gasteiger partial charge in [0.25, 0.3) is 5.91 Å². The average molecular weight is 495 g/mol. The van der Waals surface area contributed by atoms with Gasteiger partial charge in [0.1, 0.15) is 5.82 Å². The molecule has 7 nitrogen and oxygen atoms in total. The summed E-state index contributed by atoms with van der Waals surface area (Å²) in [6.07, 6.45) is 0.0462. The van der Waals surface area contributed by atoms with Crippen LogP contribution < -0.4 is 5.32 Å². The fraction of sp³-hybridized carbons (Fsp3) is 0.200. The number of anilines is 1. The number of ether oxygens (including phenoxy) is 1. The fourth-order valence-corrected chi connectivity index (χ4v) is 4.25. The predicted molar refractivity (Wildman–Crippen MR) is 111 cm³/mol. The first-order valence-corrected chi connectivity index (χ1v) is 10.4. The Labute approximate surface area is 184 Å². The molecule has 1 saturated heterocycles. The first-order chi connectivity index (χ1) is 14.3. The lowest BCUT2D eigenvalue weighted by Crippen LogP contribution is -2.26. The van der Waals surface area contributed by atoms with Crippen molar-refractivity contribution in [1.82, 2.24) is 4.90 Å². The number of nitrogens with zero attached hydrogens (tertiary/aromatic N) is 1. The summed E-state index contributed by atoms with van der Waals surface area (Å²) in [5.41, 5.74) is 0.128. The normalized spacial score (nSPS) is 16.0. The molecule has 1 aliphatic heterocycles. The topological polar surface area (TPSA) is 92.8 Å². The van der Waals surface area contributed by atoms with Crippen LogP contribution in [-0.4, -0.2) is 47.5 Å². The summed E-state index contributed by atoms with van der Waals surface area (Å²) >= 11 is 4.21. The van der Waals surface area contributed by atoms with Crippen LogP contribution in [0.4, 0.5) is 10.1 Å². The number of nitrogens with one attached hydrogen (secondary N) is 1. The van der Waals surface area contributed by atoms with E-state index in [1.165, 1.54) is 25.2 Å². The highest BCUT2D eigenvalue weighted by molar-refractivity contribution is 9.10. The van der Waals surface area contributed by atoms with Crippen molar-refractivity contribution in [2.45, 2.75) is 16.6 Å². The van der Waals surface area contributed by atoms with Crippen molar-refractivity contribution in [2.75, 3.05) is 19.0 Å². The molecule has 1 aliphatic rings. The van der Waals surface area contributed by atoms with E-state index in [9.17, 15) is 23.6 Å². The molecule has 0 bridgehead atoms. The van der Waals surface area contributed by atoms with Crippen molar-refractivity contribution in [3.8, 4) is 0 Å². The maximum Gasteiger partial charge on any atom is 0.339 e. The van der Waals surface area contributed by atoms with Crippen molar-refractivity contribution in [3.05, 3.63) is 58.3 Å². The minimum Gasteiger partial charge on any atom is -0.452 e. The monoisotopic (exact) mass is 494 g/mol. The lowest BCUT2D eigenvalue weighted by atomic mass is 10.2. The summed E-state index contributed by atoms with van der Waals surface area (Å²) in [7, 11) is 1.41. The molecule has 30 heavy (non-hydrogen) atoms. The van der Waals surface area contributed by atoms with Crippen LogP contribution >= 0.6 is 27.7 Å². The van der Waals surface area contributed by atoms with Gasteiger partial charge in [-0.1, -0.05) is 28.1 Å². The molecular formula is C20H16BrFN2O5S. The van der Waals surface area contributed by atoms with Gasteiger partial charge in [-0.2, -0.15) is 0 Å². The van der Waals surface area contributed by atoms with E-state index in [1.54, 1.807) is 24.3 Å². The molecule has 0 saturated carbocycles. The van der Waals surface area contributed by atoms with Crippen LogP contribution in [0, 0.1) is 5.82 Å². The van der Waals surface area contributed by atoms with E-state index < -0.39 is 29.6 Å². The molecule has 1 heterocycles. The van der Waals surface area contributed by atoms with Crippen LogP contribution in [0.5, 0.6) is 0 Å². The van der Waals surface area contributed by atoms with Gasteiger partial charge in [-0.15, -0.1) is 11.8 Å². The maximum absolute atomic E-state index is 13.8. The van der Waals surface area contributed by atoms with Gasteiger partial charge in [0.15, 0.2) is 6.61 Å². The third-order valence-electron chi connectivity index (χ3n) is 4.26. The van der Waals surface area contributed by atoms with Crippen LogP contribution in [0.3, 0.4) is 0 Å². The number of esters is 1. The number of thioether (sulfide) groups is 1. The minimum atomic E-state index is -0.769. The number of carbonyl (C=O) groups is 4. The molecule has 1 atom stereocenters. The Bertz CT molecular complexity index is 1030. The van der Waals surface area contributed by atoms with Crippen molar-refractivity contribution in [1.29, 1.82) is 0 Å². The Morgan fingerprint density at radius 2 is 2.00 bits per heavy atom. The number of carbonyl (C=O) groups excluding carboxylic acids is 4. The van der Waals surface area contributed by atoms with Gasteiger partial charge in [-0.25, -0.2) is 9.18 Å². The number of hydrogen-bond donors (Lipinski definition) is 1. The Hall–Kier alpha value is -2.72. The Kier molecular flexibility index (Phi) is 6.88. The molecule has 10 heteroatoms. The molecule has 3 rings (SSSR count). The summed E-state index contributed by atoms with van der Waals surface area (Å²) in [4.78, 5) is 49.8. The van der Waals surface area contributed by atoms with E-state index in [1.807, 2.05) is 0 Å². The highest BCUT2D eigenvalue weighted by Gasteiger charge is 2.37. The molecule has 0 radical (unpaired) electrons. The maximum atomic E-state index is 13.8. The summed E-state index contributed by atoms with van der Waals surface area (Å²) in [5.74, 6) is -2.72. The SMILES string of the molecule is CN1C(=O)CC(Sc2ccccc2C(=O)OCC(=O)Nc2ccc(Br)cc2F)C1=O. The van der Waals surface area contributed by atoms with Gasteiger partial charge in [0, 0.05) is 22.8 Å². The van der Waals surface area contributed by atoms with E-state index in [2.05, 4.69) is 21.2 Å². The van der Waals surface area contributed by atoms with E-state index in [0.29, 0.717) is 9.37 Å². The summed E-state index contributed by atoms with van der Waals surface area (Å²) < 4.78 is 19.4. The fourth-order valence-electron chi connectivity index (χ4n) is 2.69. The van der Waals surface area contributed by atoms with E-state index >= 15 is 0 Å². The quantitative estimate of drug-likeness (QED) is 0.489. The van der Waals surface area contributed by atoms with Crippen molar-refractivity contribution < 1.29 is 28.3 Å². The number of benzene rings is 2. The number of likely N-dealkylation sites (tertiary alicyclic amines) is 1. The summed E-state index contributed by atoms with van der Waals surface area (Å²) in [5, 5.41) is 1.70. The van der Waals surface area contributed by atoms with Crippen LogP contribution in [0.1, 0.15) is 16.8 Å². The van der Waals surface area contributed by atoms with Crippen LogP contribution in [-0.2, 0) is 19.1 Å². The zero-order valence-electron chi connectivity index (χ0n) is 15.7. The number of halogens is 2. The molecule has 2 aromatic carbocycles. The van der Waals surface area contributed by atoms with Gasteiger partial charge in [-0.3, -0.25) is 19.3 Å². The number of rotatable bonds is 6. The Morgan fingerprint density at radius 1 is 1.27 bits per heavy atom. The molecule has 2 aromatic rings. The highest BCUT2D eigenvalue weighted by Crippen LogP contribution is 2.33. The molecule has 156 valence electrons. The molecule has 0 aromatic heterocycles. The van der Waals surface area contributed by atoms with Gasteiger partial charge in [0.05, 0.1) is 16.5 Å². The van der Waals surface area contributed by atoms with Crippen LogP contribution in [0.15, 0.2) is 51.8 Å². The largest absolute Gasteiger partial charge is 0.452 e. The van der Waals surface area contributed by atoms with Gasteiger partial charge in [-0.05, 0) is 30.3 Å². The van der Waals surface area contributed by atoms with Crippen molar-refractivity contribution in [2.24, 2.45) is 0 Å². The predicted octanol–water partition coefficient (Wildman–Crippen LogP) is 3.23. The highest BCUT2D eigenvalue weighted by atomic mass is 79.9. The van der Waals surface area contributed by atoms with E-state index in [0.717, 1.165) is 16.7 Å². The van der Waals surface area contributed by atoms with Crippen LogP contribution in [0.25, 0.3) is 0 Å². The van der Waals surface area contributed by atoms with Gasteiger partial charge >= 0.3 is 5.97 Å². The molecule has 0 spiro atoms. The third kappa shape index (κ3) is 5.06. The second-order valence-corrected chi connectivity index (χ2v) is 8.51. The van der Waals surface area contributed by atoms with E-state index in [4.69, 9.17) is 4.74 Å². The second-order valence-electron chi connectivity index (χ2n) is 6.35. The lowest BCUT2D eigenvalue weighted by Gasteiger charge is -2.12. The first kappa shape index (κ1) is 22.0. The van der Waals surface area contributed by atoms with Crippen LogP contribution in [0.2, 0.25) is 0 Å². The first-order valence-electron chi connectivity index (χ1n) is 8.74.